The lowest BCUT2D eigenvalue weighted by molar-refractivity contribution is -0.126. The molecule has 1 N–H and O–H groups in total. The lowest BCUT2D eigenvalue weighted by Crippen LogP contribution is -2.66. The third kappa shape index (κ3) is 4.49. The summed E-state index contributed by atoms with van der Waals surface area (Å²) >= 11 is 1.48. The van der Waals surface area contributed by atoms with Gasteiger partial charge in [0.1, 0.15) is 11.5 Å². The van der Waals surface area contributed by atoms with Crippen LogP contribution in [0.25, 0.3) is 0 Å². The molecule has 3 aliphatic rings. The van der Waals surface area contributed by atoms with E-state index < -0.39 is 0 Å². The number of aryl methyl sites for hydroxylation is 1. The average Bonchev–Trinajstić information content (AvgIpc) is 3.17. The smallest absolute Gasteiger partial charge is 0.265 e. The molecule has 0 saturated carbocycles. The lowest BCUT2D eigenvalue weighted by Gasteiger charge is -2.56. The minimum absolute atomic E-state index is 0.0496. The van der Waals surface area contributed by atoms with Gasteiger partial charge < -0.3 is 15.0 Å². The Balaban J connectivity index is 1.48. The Labute approximate surface area is 176 Å². The summed E-state index contributed by atoms with van der Waals surface area (Å²) in [6, 6.07) is 0.813. The highest BCUT2D eigenvalue weighted by molar-refractivity contribution is 7.13. The Hall–Kier alpha value is -1.51. The summed E-state index contributed by atoms with van der Waals surface area (Å²) in [5.41, 5.74) is 0. The van der Waals surface area contributed by atoms with Crippen LogP contribution in [0, 0.1) is 18.8 Å². The molecular weight excluding hydrogens is 388 g/mol. The zero-order valence-corrected chi connectivity index (χ0v) is 18.2. The third-order valence-electron chi connectivity index (χ3n) is 6.69. The Morgan fingerprint density at radius 2 is 2.14 bits per heavy atom. The number of nitrogens with zero attached hydrogens (tertiary/aromatic N) is 3. The highest BCUT2D eigenvalue weighted by atomic mass is 32.1. The molecule has 3 saturated heterocycles. The van der Waals surface area contributed by atoms with Crippen molar-refractivity contribution in [1.82, 2.24) is 20.1 Å². The van der Waals surface area contributed by atoms with Crippen LogP contribution in [0.4, 0.5) is 0 Å². The molecule has 1 aromatic rings. The van der Waals surface area contributed by atoms with Gasteiger partial charge in [0.25, 0.3) is 5.91 Å². The van der Waals surface area contributed by atoms with Crippen molar-refractivity contribution in [2.24, 2.45) is 11.8 Å². The number of aromatic nitrogens is 1. The van der Waals surface area contributed by atoms with Crippen molar-refractivity contribution in [3.8, 4) is 0 Å². The molecule has 4 rings (SSSR count). The molecule has 3 fully saturated rings. The van der Waals surface area contributed by atoms with E-state index in [0.717, 1.165) is 35.9 Å². The quantitative estimate of drug-likeness (QED) is 0.761. The highest BCUT2D eigenvalue weighted by Gasteiger charge is 2.48. The molecule has 29 heavy (non-hydrogen) atoms. The van der Waals surface area contributed by atoms with Crippen molar-refractivity contribution >= 4 is 23.2 Å². The van der Waals surface area contributed by atoms with Gasteiger partial charge in [0.2, 0.25) is 5.91 Å². The molecule has 1 aromatic heterocycles. The number of carbonyl (C=O) groups excluding carboxylic acids is 2. The topological polar surface area (TPSA) is 74.8 Å². The first kappa shape index (κ1) is 20.8. The van der Waals surface area contributed by atoms with Crippen LogP contribution in [-0.2, 0) is 9.53 Å². The van der Waals surface area contributed by atoms with E-state index in [1.165, 1.54) is 30.6 Å². The summed E-state index contributed by atoms with van der Waals surface area (Å²) in [5, 5.41) is 4.02. The summed E-state index contributed by atoms with van der Waals surface area (Å²) in [5.74, 6) is 0.996. The Kier molecular flexibility index (Phi) is 6.51. The van der Waals surface area contributed by atoms with E-state index in [0.29, 0.717) is 37.1 Å². The van der Waals surface area contributed by atoms with Gasteiger partial charge in [-0.05, 0) is 51.5 Å². The zero-order valence-electron chi connectivity index (χ0n) is 17.4. The molecule has 4 atom stereocenters. The summed E-state index contributed by atoms with van der Waals surface area (Å²) < 4.78 is 5.24. The molecule has 0 unspecified atom stereocenters. The Bertz CT molecular complexity index is 739. The summed E-state index contributed by atoms with van der Waals surface area (Å²) in [6.45, 7) is 7.85. The first-order valence-corrected chi connectivity index (χ1v) is 11.7. The zero-order chi connectivity index (χ0) is 20.4. The molecule has 0 spiro atoms. The second-order valence-corrected chi connectivity index (χ2v) is 9.75. The highest BCUT2D eigenvalue weighted by Crippen LogP contribution is 2.41. The number of nitrogens with one attached hydrogen (secondary N) is 1. The molecule has 0 radical (unpaired) electrons. The van der Waals surface area contributed by atoms with Gasteiger partial charge in [-0.25, -0.2) is 4.98 Å². The molecule has 2 bridgehead atoms. The van der Waals surface area contributed by atoms with Crippen LogP contribution in [0.3, 0.4) is 0 Å². The van der Waals surface area contributed by atoms with Crippen molar-refractivity contribution < 1.29 is 14.3 Å². The minimum atomic E-state index is -0.0496. The average molecular weight is 421 g/mol. The summed E-state index contributed by atoms with van der Waals surface area (Å²) in [7, 11) is 0. The molecule has 7 nitrogen and oxygen atoms in total. The SMILES string of the molecule is CCOCC(=O)NC[C@H]1[C@H]2C[C@H](CN(C(=O)c3cnc(C)s3)C2)[C@@H]2CCCCN21. The summed E-state index contributed by atoms with van der Waals surface area (Å²) in [6.07, 6.45) is 6.54. The largest absolute Gasteiger partial charge is 0.372 e. The normalized spacial score (nSPS) is 29.4. The number of thiazole rings is 1. The van der Waals surface area contributed by atoms with Gasteiger partial charge in [-0.15, -0.1) is 11.3 Å². The van der Waals surface area contributed by atoms with Crippen molar-refractivity contribution in [2.75, 3.05) is 39.4 Å². The first-order valence-electron chi connectivity index (χ1n) is 10.9. The number of carbonyl (C=O) groups is 2. The fourth-order valence-corrected chi connectivity index (χ4v) is 6.18. The Morgan fingerprint density at radius 3 is 2.90 bits per heavy atom. The fourth-order valence-electron chi connectivity index (χ4n) is 5.43. The first-order chi connectivity index (χ1) is 14.1. The number of rotatable bonds is 6. The predicted octanol–water partition coefficient (Wildman–Crippen LogP) is 1.92. The molecule has 160 valence electrons. The van der Waals surface area contributed by atoms with Crippen LogP contribution in [0.5, 0.6) is 0 Å². The number of likely N-dealkylation sites (tertiary alicyclic amines) is 1. The monoisotopic (exact) mass is 420 g/mol. The third-order valence-corrected chi connectivity index (χ3v) is 7.59. The molecule has 0 aliphatic carbocycles. The van der Waals surface area contributed by atoms with Crippen LogP contribution >= 0.6 is 11.3 Å². The van der Waals surface area contributed by atoms with Crippen LogP contribution in [0.2, 0.25) is 0 Å². The molecule has 0 aromatic carbocycles. The molecule has 3 aliphatic heterocycles. The molecule has 8 heteroatoms. The second kappa shape index (κ2) is 9.10. The van der Waals surface area contributed by atoms with Crippen LogP contribution < -0.4 is 5.32 Å². The van der Waals surface area contributed by atoms with E-state index in [2.05, 4.69) is 15.2 Å². The number of amides is 2. The maximum atomic E-state index is 13.1. The van der Waals surface area contributed by atoms with Gasteiger partial charge >= 0.3 is 0 Å². The standard InChI is InChI=1S/C21H32N4O3S/c1-3-28-13-20(26)23-9-18-16-8-15(17-6-4-5-7-25(17)18)11-24(12-16)21(27)19-10-22-14(2)29-19/h10,15-18H,3-9,11-13H2,1-2H3,(H,23,26)/t15-,16+,17+,18+/m1/s1. The molecule has 2 amide bonds. The fraction of sp³-hybridized carbons (Fsp3) is 0.762. The number of ether oxygens (including phenoxy) is 1. The van der Waals surface area contributed by atoms with E-state index >= 15 is 0 Å². The van der Waals surface area contributed by atoms with Gasteiger partial charge in [0, 0.05) is 38.3 Å². The van der Waals surface area contributed by atoms with Gasteiger partial charge in [-0.2, -0.15) is 0 Å². The molecule has 4 heterocycles. The van der Waals surface area contributed by atoms with Gasteiger partial charge in [-0.3, -0.25) is 14.5 Å². The maximum absolute atomic E-state index is 13.1. The van der Waals surface area contributed by atoms with Gasteiger partial charge in [0.15, 0.2) is 0 Å². The van der Waals surface area contributed by atoms with E-state index in [1.54, 1.807) is 6.20 Å². The lowest BCUT2D eigenvalue weighted by atomic mass is 9.72. The van der Waals surface area contributed by atoms with E-state index in [9.17, 15) is 9.59 Å². The number of piperidine rings is 3. The van der Waals surface area contributed by atoms with Crippen molar-refractivity contribution in [3.05, 3.63) is 16.1 Å². The predicted molar refractivity (Wildman–Crippen MR) is 112 cm³/mol. The number of hydrogen-bond acceptors (Lipinski definition) is 6. The van der Waals surface area contributed by atoms with E-state index in [-0.39, 0.29) is 18.4 Å². The van der Waals surface area contributed by atoms with Crippen molar-refractivity contribution in [1.29, 1.82) is 0 Å². The van der Waals surface area contributed by atoms with Crippen LogP contribution in [-0.4, -0.2) is 78.1 Å². The Morgan fingerprint density at radius 1 is 1.31 bits per heavy atom. The van der Waals surface area contributed by atoms with Gasteiger partial charge in [-0.1, -0.05) is 6.42 Å². The maximum Gasteiger partial charge on any atom is 0.265 e. The molecular formula is C21H32N4O3S. The number of fused-ring (bicyclic) bond motifs is 4. The van der Waals surface area contributed by atoms with Crippen LogP contribution in [0.15, 0.2) is 6.20 Å². The summed E-state index contributed by atoms with van der Waals surface area (Å²) in [4.78, 5) is 34.9. The minimum Gasteiger partial charge on any atom is -0.372 e. The number of hydrogen-bond donors (Lipinski definition) is 1. The van der Waals surface area contributed by atoms with Crippen LogP contribution in [0.1, 0.15) is 47.3 Å². The van der Waals surface area contributed by atoms with E-state index in [1.807, 2.05) is 18.7 Å². The van der Waals surface area contributed by atoms with Crippen molar-refractivity contribution in [2.45, 2.75) is 51.6 Å². The van der Waals surface area contributed by atoms with Crippen molar-refractivity contribution in [3.63, 3.8) is 0 Å². The second-order valence-electron chi connectivity index (χ2n) is 8.52. The van der Waals surface area contributed by atoms with E-state index in [4.69, 9.17) is 4.74 Å². The van der Waals surface area contributed by atoms with Gasteiger partial charge in [0.05, 0.1) is 11.2 Å².